The molecule has 1 atom stereocenters. The minimum atomic E-state index is -0.839. The molecule has 7 heteroatoms. The van der Waals surface area contributed by atoms with Crippen molar-refractivity contribution in [3.8, 4) is 0 Å². The normalized spacial score (nSPS) is 27.7. The number of carbonyl (C=O) groups excluding carboxylic acids is 2. The van der Waals surface area contributed by atoms with Gasteiger partial charge in [-0.3, -0.25) is 14.5 Å². The number of piperidine rings is 1. The van der Waals surface area contributed by atoms with Crippen LogP contribution >= 0.6 is 0 Å². The number of carbonyl (C=O) groups is 2. The van der Waals surface area contributed by atoms with Gasteiger partial charge in [0.2, 0.25) is 11.8 Å². The molecule has 0 saturated carbocycles. The molecule has 2 aliphatic heterocycles. The van der Waals surface area contributed by atoms with E-state index in [0.717, 1.165) is 31.8 Å². The van der Waals surface area contributed by atoms with Crippen LogP contribution in [0.5, 0.6) is 0 Å². The van der Waals surface area contributed by atoms with E-state index in [4.69, 9.17) is 15.2 Å². The maximum absolute atomic E-state index is 12.6. The zero-order chi connectivity index (χ0) is 16.9. The van der Waals surface area contributed by atoms with Crippen LogP contribution in [0, 0.1) is 5.92 Å². The van der Waals surface area contributed by atoms with E-state index in [9.17, 15) is 9.59 Å². The summed E-state index contributed by atoms with van der Waals surface area (Å²) in [5.41, 5.74) is 4.49. The molecule has 0 aromatic carbocycles. The van der Waals surface area contributed by atoms with Crippen LogP contribution in [0.4, 0.5) is 0 Å². The summed E-state index contributed by atoms with van der Waals surface area (Å²) in [4.78, 5) is 27.9. The minimum absolute atomic E-state index is 0.0501. The van der Waals surface area contributed by atoms with E-state index in [1.165, 1.54) is 7.11 Å². The SMILES string of the molecule is COC1(CC(N)=O)COCCN(C(=O)CN2CCC(C)CC2)C1. The summed E-state index contributed by atoms with van der Waals surface area (Å²) in [5, 5.41) is 0. The second kappa shape index (κ2) is 8.08. The average molecular weight is 327 g/mol. The maximum atomic E-state index is 12.6. The van der Waals surface area contributed by atoms with Crippen molar-refractivity contribution in [2.24, 2.45) is 11.7 Å². The first-order valence-electron chi connectivity index (χ1n) is 8.35. The summed E-state index contributed by atoms with van der Waals surface area (Å²) in [6, 6.07) is 0. The number of methoxy groups -OCH3 is 1. The van der Waals surface area contributed by atoms with Gasteiger partial charge in [-0.1, -0.05) is 6.92 Å². The molecular formula is C16H29N3O4. The van der Waals surface area contributed by atoms with Gasteiger partial charge >= 0.3 is 0 Å². The third-order valence-electron chi connectivity index (χ3n) is 4.87. The Morgan fingerprint density at radius 2 is 2.00 bits per heavy atom. The minimum Gasteiger partial charge on any atom is -0.377 e. The molecule has 23 heavy (non-hydrogen) atoms. The predicted octanol–water partition coefficient (Wildman–Crippen LogP) is -0.162. The Morgan fingerprint density at radius 3 is 2.61 bits per heavy atom. The lowest BCUT2D eigenvalue weighted by Gasteiger charge is -2.35. The molecule has 0 aliphatic carbocycles. The molecule has 2 heterocycles. The molecule has 2 N–H and O–H groups in total. The number of nitrogens with zero attached hydrogens (tertiary/aromatic N) is 2. The van der Waals surface area contributed by atoms with Crippen LogP contribution in [0.25, 0.3) is 0 Å². The molecule has 0 aromatic rings. The molecule has 2 saturated heterocycles. The van der Waals surface area contributed by atoms with Crippen LogP contribution in [0.3, 0.4) is 0 Å². The first-order valence-corrected chi connectivity index (χ1v) is 8.35. The molecule has 2 aliphatic rings. The summed E-state index contributed by atoms with van der Waals surface area (Å²) < 4.78 is 11.1. The van der Waals surface area contributed by atoms with Crippen molar-refractivity contribution in [1.29, 1.82) is 0 Å². The van der Waals surface area contributed by atoms with Gasteiger partial charge in [-0.15, -0.1) is 0 Å². The second-order valence-corrected chi connectivity index (χ2v) is 6.86. The highest BCUT2D eigenvalue weighted by Crippen LogP contribution is 2.21. The van der Waals surface area contributed by atoms with E-state index >= 15 is 0 Å². The number of likely N-dealkylation sites (tertiary alicyclic amines) is 1. The predicted molar refractivity (Wildman–Crippen MR) is 85.8 cm³/mol. The third-order valence-corrected chi connectivity index (χ3v) is 4.87. The van der Waals surface area contributed by atoms with E-state index in [1.807, 2.05) is 0 Å². The summed E-state index contributed by atoms with van der Waals surface area (Å²) in [6.45, 7) is 6.19. The summed E-state index contributed by atoms with van der Waals surface area (Å²) in [6.07, 6.45) is 2.33. The van der Waals surface area contributed by atoms with Crippen molar-refractivity contribution >= 4 is 11.8 Å². The maximum Gasteiger partial charge on any atom is 0.236 e. The fourth-order valence-corrected chi connectivity index (χ4v) is 3.25. The molecule has 0 bridgehead atoms. The van der Waals surface area contributed by atoms with Crippen molar-refractivity contribution in [1.82, 2.24) is 9.80 Å². The fraction of sp³-hybridized carbons (Fsp3) is 0.875. The largest absolute Gasteiger partial charge is 0.377 e. The smallest absolute Gasteiger partial charge is 0.236 e. The van der Waals surface area contributed by atoms with E-state index in [2.05, 4.69) is 11.8 Å². The summed E-state index contributed by atoms with van der Waals surface area (Å²) in [5.74, 6) is 0.357. The number of hydrogen-bond donors (Lipinski definition) is 1. The van der Waals surface area contributed by atoms with Crippen LogP contribution in [0.1, 0.15) is 26.2 Å². The standard InChI is InChI=1S/C16H29N3O4/c1-13-3-5-18(6-4-13)10-15(21)19-7-8-23-12-16(11-19,22-2)9-14(17)20/h13H,3-12H2,1-2H3,(H2,17,20). The molecule has 0 spiro atoms. The van der Waals surface area contributed by atoms with Gasteiger partial charge in [0.25, 0.3) is 0 Å². The van der Waals surface area contributed by atoms with Crippen molar-refractivity contribution in [2.75, 3.05) is 53.0 Å². The van der Waals surface area contributed by atoms with Crippen LogP contribution in [-0.4, -0.2) is 80.3 Å². The van der Waals surface area contributed by atoms with Gasteiger partial charge < -0.3 is 20.1 Å². The quantitative estimate of drug-likeness (QED) is 0.758. The number of primary amides is 1. The summed E-state index contributed by atoms with van der Waals surface area (Å²) in [7, 11) is 1.53. The van der Waals surface area contributed by atoms with Crippen molar-refractivity contribution in [3.63, 3.8) is 0 Å². The Kier molecular flexibility index (Phi) is 6.38. The second-order valence-electron chi connectivity index (χ2n) is 6.86. The van der Waals surface area contributed by atoms with Crippen molar-refractivity contribution in [3.05, 3.63) is 0 Å². The van der Waals surface area contributed by atoms with Gasteiger partial charge in [0.15, 0.2) is 0 Å². The number of amides is 2. The van der Waals surface area contributed by atoms with Gasteiger partial charge in [-0.25, -0.2) is 0 Å². The lowest BCUT2D eigenvalue weighted by atomic mass is 9.98. The van der Waals surface area contributed by atoms with Crippen molar-refractivity contribution < 1.29 is 19.1 Å². The monoisotopic (exact) mass is 327 g/mol. The molecule has 2 rings (SSSR count). The Hall–Kier alpha value is -1.18. The van der Waals surface area contributed by atoms with Crippen LogP contribution in [0.2, 0.25) is 0 Å². The van der Waals surface area contributed by atoms with Gasteiger partial charge in [-0.2, -0.15) is 0 Å². The van der Waals surface area contributed by atoms with Crippen molar-refractivity contribution in [2.45, 2.75) is 31.8 Å². The molecule has 0 aromatic heterocycles. The lowest BCUT2D eigenvalue weighted by Crippen LogP contribution is -2.52. The highest BCUT2D eigenvalue weighted by atomic mass is 16.5. The number of rotatable bonds is 5. The highest BCUT2D eigenvalue weighted by molar-refractivity contribution is 5.79. The lowest BCUT2D eigenvalue weighted by molar-refractivity contribution is -0.140. The molecule has 2 fully saturated rings. The van der Waals surface area contributed by atoms with Crippen LogP contribution in [0.15, 0.2) is 0 Å². The zero-order valence-electron chi connectivity index (χ0n) is 14.3. The van der Waals surface area contributed by atoms with E-state index in [0.29, 0.717) is 26.2 Å². The van der Waals surface area contributed by atoms with Gasteiger partial charge in [0, 0.05) is 13.7 Å². The van der Waals surface area contributed by atoms with Gasteiger partial charge in [0.05, 0.1) is 32.7 Å². The highest BCUT2D eigenvalue weighted by Gasteiger charge is 2.38. The third kappa shape index (κ3) is 5.16. The average Bonchev–Trinajstić information content (AvgIpc) is 2.72. The molecule has 0 radical (unpaired) electrons. The Morgan fingerprint density at radius 1 is 1.30 bits per heavy atom. The molecular weight excluding hydrogens is 298 g/mol. The van der Waals surface area contributed by atoms with Crippen LogP contribution < -0.4 is 5.73 Å². The molecule has 1 unspecified atom stereocenters. The fourth-order valence-electron chi connectivity index (χ4n) is 3.25. The zero-order valence-corrected chi connectivity index (χ0v) is 14.3. The van der Waals surface area contributed by atoms with E-state index in [-0.39, 0.29) is 18.9 Å². The number of nitrogens with two attached hydrogens (primary N) is 1. The van der Waals surface area contributed by atoms with E-state index < -0.39 is 11.5 Å². The van der Waals surface area contributed by atoms with Gasteiger partial charge in [0.1, 0.15) is 5.60 Å². The Labute approximate surface area is 138 Å². The molecule has 2 amide bonds. The summed E-state index contributed by atoms with van der Waals surface area (Å²) >= 11 is 0. The van der Waals surface area contributed by atoms with Crippen LogP contribution in [-0.2, 0) is 19.1 Å². The topological polar surface area (TPSA) is 85.1 Å². The molecule has 7 nitrogen and oxygen atoms in total. The number of ether oxygens (including phenoxy) is 2. The number of hydrogen-bond acceptors (Lipinski definition) is 5. The molecule has 132 valence electrons. The first-order chi connectivity index (χ1) is 10.9. The Balaban J connectivity index is 1.96. The van der Waals surface area contributed by atoms with Gasteiger partial charge in [-0.05, 0) is 31.8 Å². The van der Waals surface area contributed by atoms with E-state index in [1.54, 1.807) is 4.90 Å². The Bertz CT molecular complexity index is 424. The first kappa shape index (κ1) is 18.2.